The third-order valence-corrected chi connectivity index (χ3v) is 3.47. The van der Waals surface area contributed by atoms with Crippen molar-refractivity contribution in [2.24, 2.45) is 0 Å². The van der Waals surface area contributed by atoms with E-state index in [9.17, 15) is 9.90 Å². The molecule has 1 atom stereocenters. The molecule has 0 saturated carbocycles. The van der Waals surface area contributed by atoms with Gasteiger partial charge in [0, 0.05) is 25.0 Å². The van der Waals surface area contributed by atoms with Crippen molar-refractivity contribution in [1.82, 2.24) is 9.88 Å². The Morgan fingerprint density at radius 3 is 3.00 bits per heavy atom. The zero-order valence-corrected chi connectivity index (χ0v) is 10.8. The first-order chi connectivity index (χ1) is 8.57. The molecule has 2 heterocycles. The Balaban J connectivity index is 1.93. The summed E-state index contributed by atoms with van der Waals surface area (Å²) in [6, 6.07) is 5.60. The molecule has 1 N–H and O–H groups in total. The molecule has 18 heavy (non-hydrogen) atoms. The predicted octanol–water partition coefficient (Wildman–Crippen LogP) is 1.39. The van der Waals surface area contributed by atoms with Crippen LogP contribution in [0.5, 0.6) is 0 Å². The van der Waals surface area contributed by atoms with Gasteiger partial charge in [-0.25, -0.2) is 0 Å². The quantitative estimate of drug-likeness (QED) is 0.860. The number of pyridine rings is 1. The van der Waals surface area contributed by atoms with Crippen LogP contribution >= 0.6 is 0 Å². The van der Waals surface area contributed by atoms with E-state index in [1.807, 2.05) is 30.0 Å². The van der Waals surface area contributed by atoms with Gasteiger partial charge in [0.1, 0.15) is 0 Å². The fraction of sp³-hybridized carbons (Fsp3) is 0.571. The highest BCUT2D eigenvalue weighted by atomic mass is 16.3. The molecule has 1 aromatic heterocycles. The molecule has 98 valence electrons. The number of carbonyl (C=O) groups is 1. The van der Waals surface area contributed by atoms with Crippen LogP contribution in [0.1, 0.15) is 31.9 Å². The summed E-state index contributed by atoms with van der Waals surface area (Å²) in [7, 11) is 0. The molecule has 4 heteroatoms. The van der Waals surface area contributed by atoms with Crippen LogP contribution in [0.15, 0.2) is 24.4 Å². The maximum Gasteiger partial charge on any atom is 0.228 e. The normalized spacial score (nSPS) is 24.7. The summed E-state index contributed by atoms with van der Waals surface area (Å²) in [5.41, 5.74) is 0.179. The second-order valence-electron chi connectivity index (χ2n) is 5.23. The van der Waals surface area contributed by atoms with E-state index < -0.39 is 5.60 Å². The van der Waals surface area contributed by atoms with Crippen LogP contribution in [-0.4, -0.2) is 39.6 Å². The van der Waals surface area contributed by atoms with E-state index in [0.717, 1.165) is 25.1 Å². The maximum absolute atomic E-state index is 12.1. The highest BCUT2D eigenvalue weighted by molar-refractivity contribution is 5.78. The van der Waals surface area contributed by atoms with Gasteiger partial charge in [-0.1, -0.05) is 6.07 Å². The Kier molecular flexibility index (Phi) is 3.97. The van der Waals surface area contributed by atoms with Crippen LogP contribution in [0.4, 0.5) is 0 Å². The van der Waals surface area contributed by atoms with Crippen molar-refractivity contribution in [2.75, 3.05) is 13.1 Å². The third-order valence-electron chi connectivity index (χ3n) is 3.47. The zero-order valence-electron chi connectivity index (χ0n) is 10.8. The van der Waals surface area contributed by atoms with E-state index >= 15 is 0 Å². The van der Waals surface area contributed by atoms with Gasteiger partial charge in [0.05, 0.1) is 12.0 Å². The minimum atomic E-state index is -0.625. The monoisotopic (exact) mass is 248 g/mol. The van der Waals surface area contributed by atoms with Crippen LogP contribution in [0.3, 0.4) is 0 Å². The second-order valence-corrected chi connectivity index (χ2v) is 5.23. The lowest BCUT2D eigenvalue weighted by molar-refractivity contribution is -0.130. The minimum Gasteiger partial charge on any atom is -0.390 e. The van der Waals surface area contributed by atoms with Crippen LogP contribution < -0.4 is 0 Å². The largest absolute Gasteiger partial charge is 0.390 e. The Labute approximate surface area is 108 Å². The highest BCUT2D eigenvalue weighted by Gasteiger charge is 2.26. The molecule has 0 aromatic carbocycles. The molecule has 1 aliphatic heterocycles. The second kappa shape index (κ2) is 5.48. The zero-order chi connectivity index (χ0) is 13.0. The first-order valence-electron chi connectivity index (χ1n) is 6.47. The summed E-state index contributed by atoms with van der Waals surface area (Å²) < 4.78 is 0. The van der Waals surface area contributed by atoms with Crippen molar-refractivity contribution in [3.8, 4) is 0 Å². The smallest absolute Gasteiger partial charge is 0.228 e. The lowest BCUT2D eigenvalue weighted by atomic mass is 9.98. The van der Waals surface area contributed by atoms with Crippen LogP contribution in [0.2, 0.25) is 0 Å². The predicted molar refractivity (Wildman–Crippen MR) is 69.0 cm³/mol. The van der Waals surface area contributed by atoms with Gasteiger partial charge in [0.2, 0.25) is 5.91 Å². The molecular formula is C14H20N2O2. The van der Waals surface area contributed by atoms with E-state index in [2.05, 4.69) is 4.98 Å². The number of aromatic nitrogens is 1. The van der Waals surface area contributed by atoms with Crippen LogP contribution in [-0.2, 0) is 11.2 Å². The molecule has 4 nitrogen and oxygen atoms in total. The van der Waals surface area contributed by atoms with E-state index in [-0.39, 0.29) is 5.91 Å². The van der Waals surface area contributed by atoms with Crippen LogP contribution in [0, 0.1) is 0 Å². The van der Waals surface area contributed by atoms with E-state index in [0.29, 0.717) is 19.4 Å². The van der Waals surface area contributed by atoms with Gasteiger partial charge >= 0.3 is 0 Å². The molecule has 2 rings (SSSR count). The summed E-state index contributed by atoms with van der Waals surface area (Å²) in [6.07, 6.45) is 4.33. The number of nitrogens with zero attached hydrogens (tertiary/aromatic N) is 2. The summed E-state index contributed by atoms with van der Waals surface area (Å²) in [4.78, 5) is 18.1. The number of carbonyl (C=O) groups excluding carboxylic acids is 1. The van der Waals surface area contributed by atoms with E-state index in [4.69, 9.17) is 0 Å². The summed E-state index contributed by atoms with van der Waals surface area (Å²) in [5, 5.41) is 9.99. The summed E-state index contributed by atoms with van der Waals surface area (Å²) in [5.74, 6) is 0.103. The SMILES string of the molecule is CC1(O)CCCN(C(=O)Cc2ccccn2)CC1. The molecule has 1 aliphatic rings. The van der Waals surface area contributed by atoms with Gasteiger partial charge in [0.25, 0.3) is 0 Å². The van der Waals surface area contributed by atoms with Crippen LogP contribution in [0.25, 0.3) is 0 Å². The summed E-state index contributed by atoms with van der Waals surface area (Å²) >= 11 is 0. The molecule has 0 radical (unpaired) electrons. The topological polar surface area (TPSA) is 53.4 Å². The highest BCUT2D eigenvalue weighted by Crippen LogP contribution is 2.21. The Bertz CT molecular complexity index is 404. The Hall–Kier alpha value is -1.42. The first kappa shape index (κ1) is 13.0. The van der Waals surface area contributed by atoms with E-state index in [1.54, 1.807) is 6.20 Å². The first-order valence-corrected chi connectivity index (χ1v) is 6.47. The van der Waals surface area contributed by atoms with Gasteiger partial charge in [-0.2, -0.15) is 0 Å². The number of rotatable bonds is 2. The molecule has 1 saturated heterocycles. The molecule has 0 spiro atoms. The van der Waals surface area contributed by atoms with Crippen molar-refractivity contribution in [3.05, 3.63) is 30.1 Å². The molecule has 1 aromatic rings. The van der Waals surface area contributed by atoms with E-state index in [1.165, 1.54) is 0 Å². The van der Waals surface area contributed by atoms with Crippen molar-refractivity contribution in [3.63, 3.8) is 0 Å². The van der Waals surface area contributed by atoms with Crippen molar-refractivity contribution in [1.29, 1.82) is 0 Å². The molecule has 1 fully saturated rings. The number of amides is 1. The average Bonchev–Trinajstić information content (AvgIpc) is 2.51. The number of hydrogen-bond acceptors (Lipinski definition) is 3. The van der Waals surface area contributed by atoms with Gasteiger partial charge < -0.3 is 10.0 Å². The van der Waals surface area contributed by atoms with Gasteiger partial charge in [0.15, 0.2) is 0 Å². The fourth-order valence-corrected chi connectivity index (χ4v) is 2.28. The Morgan fingerprint density at radius 1 is 1.44 bits per heavy atom. The molecule has 0 bridgehead atoms. The molecule has 1 amide bonds. The Morgan fingerprint density at radius 2 is 2.28 bits per heavy atom. The number of hydrogen-bond donors (Lipinski definition) is 1. The lowest BCUT2D eigenvalue weighted by Crippen LogP contribution is -2.34. The standard InChI is InChI=1S/C14H20N2O2/c1-14(18)6-4-9-16(10-7-14)13(17)11-12-5-2-3-8-15-12/h2-3,5,8,18H,4,6-7,9-11H2,1H3. The average molecular weight is 248 g/mol. The molecular weight excluding hydrogens is 228 g/mol. The minimum absolute atomic E-state index is 0.103. The fourth-order valence-electron chi connectivity index (χ4n) is 2.28. The molecule has 0 aliphatic carbocycles. The van der Waals surface area contributed by atoms with Crippen molar-refractivity contribution in [2.45, 2.75) is 38.2 Å². The van der Waals surface area contributed by atoms with Crippen molar-refractivity contribution < 1.29 is 9.90 Å². The van der Waals surface area contributed by atoms with Gasteiger partial charge in [-0.05, 0) is 38.3 Å². The van der Waals surface area contributed by atoms with Crippen molar-refractivity contribution >= 4 is 5.91 Å². The number of aliphatic hydroxyl groups is 1. The third kappa shape index (κ3) is 3.53. The lowest BCUT2D eigenvalue weighted by Gasteiger charge is -2.22. The number of likely N-dealkylation sites (tertiary alicyclic amines) is 1. The summed E-state index contributed by atoms with van der Waals surface area (Å²) in [6.45, 7) is 3.22. The van der Waals surface area contributed by atoms with Gasteiger partial charge in [-0.15, -0.1) is 0 Å². The molecule has 1 unspecified atom stereocenters. The van der Waals surface area contributed by atoms with Gasteiger partial charge in [-0.3, -0.25) is 9.78 Å². The maximum atomic E-state index is 12.1.